The summed E-state index contributed by atoms with van der Waals surface area (Å²) in [4.78, 5) is 14.4. The van der Waals surface area contributed by atoms with Gasteiger partial charge in [0, 0.05) is 24.8 Å². The highest BCUT2D eigenvalue weighted by atomic mass is 19.2. The van der Waals surface area contributed by atoms with Gasteiger partial charge >= 0.3 is 0 Å². The fourth-order valence-corrected chi connectivity index (χ4v) is 3.01. The summed E-state index contributed by atoms with van der Waals surface area (Å²) in [6, 6.07) is 3.09. The van der Waals surface area contributed by atoms with E-state index in [1.807, 2.05) is 6.92 Å². The van der Waals surface area contributed by atoms with Crippen molar-refractivity contribution >= 4 is 11.6 Å². The summed E-state index contributed by atoms with van der Waals surface area (Å²) in [7, 11) is 0. The van der Waals surface area contributed by atoms with Crippen molar-refractivity contribution in [3.63, 3.8) is 0 Å². The van der Waals surface area contributed by atoms with Crippen LogP contribution < -0.4 is 5.32 Å². The molecule has 1 aromatic rings. The Hall–Kier alpha value is -1.49. The molecule has 1 saturated heterocycles. The number of nitrogens with zero attached hydrogens (tertiary/aromatic N) is 1. The number of carbonyl (C=O) groups is 1. The number of likely N-dealkylation sites (tertiary alicyclic amines) is 1. The van der Waals surface area contributed by atoms with Crippen molar-refractivity contribution in [1.29, 1.82) is 0 Å². The first kappa shape index (κ1) is 15.9. The fourth-order valence-electron chi connectivity index (χ4n) is 3.01. The number of benzene rings is 1. The van der Waals surface area contributed by atoms with Gasteiger partial charge in [0.1, 0.15) is 0 Å². The van der Waals surface area contributed by atoms with E-state index in [2.05, 4.69) is 24.1 Å². The van der Waals surface area contributed by atoms with Crippen LogP contribution in [-0.4, -0.2) is 29.9 Å². The van der Waals surface area contributed by atoms with Crippen LogP contribution in [0.3, 0.4) is 0 Å². The molecule has 0 aliphatic carbocycles. The van der Waals surface area contributed by atoms with E-state index in [1.165, 1.54) is 12.5 Å². The first-order valence-electron chi connectivity index (χ1n) is 7.36. The van der Waals surface area contributed by atoms with Crippen molar-refractivity contribution in [3.05, 3.63) is 29.8 Å². The fraction of sp³-hybridized carbons (Fsp3) is 0.562. The molecule has 5 heteroatoms. The lowest BCUT2D eigenvalue weighted by Crippen LogP contribution is -2.48. The van der Waals surface area contributed by atoms with Gasteiger partial charge in [0.15, 0.2) is 11.6 Å². The molecular formula is C16H22F2N2O. The maximum atomic E-state index is 13.2. The van der Waals surface area contributed by atoms with Crippen molar-refractivity contribution in [1.82, 2.24) is 4.90 Å². The second-order valence-electron chi connectivity index (χ2n) is 6.19. The van der Waals surface area contributed by atoms with Crippen LogP contribution in [0, 0.1) is 23.5 Å². The Balaban J connectivity index is 2.00. The van der Waals surface area contributed by atoms with Gasteiger partial charge in [-0.1, -0.05) is 13.8 Å². The molecule has 21 heavy (non-hydrogen) atoms. The number of amides is 1. The van der Waals surface area contributed by atoms with Crippen LogP contribution in [0.25, 0.3) is 0 Å². The predicted molar refractivity (Wildman–Crippen MR) is 79.0 cm³/mol. The van der Waals surface area contributed by atoms with Crippen molar-refractivity contribution in [2.45, 2.75) is 33.2 Å². The molecule has 0 spiro atoms. The van der Waals surface area contributed by atoms with Crippen molar-refractivity contribution < 1.29 is 13.6 Å². The van der Waals surface area contributed by atoms with E-state index in [1.54, 1.807) is 0 Å². The Morgan fingerprint density at radius 3 is 2.43 bits per heavy atom. The highest BCUT2D eigenvalue weighted by Crippen LogP contribution is 2.23. The topological polar surface area (TPSA) is 32.3 Å². The molecule has 116 valence electrons. The molecule has 0 saturated carbocycles. The van der Waals surface area contributed by atoms with Crippen LogP contribution in [0.5, 0.6) is 0 Å². The average Bonchev–Trinajstić information content (AvgIpc) is 2.41. The van der Waals surface area contributed by atoms with E-state index in [0.717, 1.165) is 25.2 Å². The molecular weight excluding hydrogens is 274 g/mol. The zero-order chi connectivity index (χ0) is 15.6. The van der Waals surface area contributed by atoms with Crippen molar-refractivity contribution in [2.24, 2.45) is 11.8 Å². The quantitative estimate of drug-likeness (QED) is 0.928. The van der Waals surface area contributed by atoms with Crippen LogP contribution in [0.1, 0.15) is 27.2 Å². The Kier molecular flexibility index (Phi) is 4.93. The average molecular weight is 296 g/mol. The number of anilines is 1. The van der Waals surface area contributed by atoms with Gasteiger partial charge in [-0.25, -0.2) is 8.78 Å². The predicted octanol–water partition coefficient (Wildman–Crippen LogP) is 3.27. The van der Waals surface area contributed by atoms with Gasteiger partial charge in [-0.15, -0.1) is 0 Å². The molecule has 1 aliphatic rings. The van der Waals surface area contributed by atoms with E-state index in [4.69, 9.17) is 0 Å². The number of halogens is 2. The smallest absolute Gasteiger partial charge is 0.241 e. The Labute approximate surface area is 124 Å². The van der Waals surface area contributed by atoms with Crippen molar-refractivity contribution in [2.75, 3.05) is 18.4 Å². The third-order valence-corrected chi connectivity index (χ3v) is 4.01. The molecule has 3 atom stereocenters. The lowest BCUT2D eigenvalue weighted by molar-refractivity contribution is -0.121. The molecule has 1 aliphatic heterocycles. The molecule has 1 aromatic carbocycles. The Morgan fingerprint density at radius 2 is 1.86 bits per heavy atom. The van der Waals surface area contributed by atoms with Crippen LogP contribution in [-0.2, 0) is 4.79 Å². The number of hydrogen-bond acceptors (Lipinski definition) is 2. The molecule has 2 rings (SSSR count). The second-order valence-corrected chi connectivity index (χ2v) is 6.19. The normalized spacial score (nSPS) is 24.6. The summed E-state index contributed by atoms with van der Waals surface area (Å²) in [6.45, 7) is 7.98. The SMILES string of the molecule is C[C@H]1C[C@H](C)CN([C@@H](C)C(=O)Nc2ccc(F)c(F)c2)C1. The minimum atomic E-state index is -0.958. The summed E-state index contributed by atoms with van der Waals surface area (Å²) in [6.07, 6.45) is 1.17. The van der Waals surface area contributed by atoms with Gasteiger partial charge in [0.25, 0.3) is 0 Å². The van der Waals surface area contributed by atoms with Crippen molar-refractivity contribution in [3.8, 4) is 0 Å². The summed E-state index contributed by atoms with van der Waals surface area (Å²) >= 11 is 0. The van der Waals surface area contributed by atoms with Crippen LogP contribution >= 0.6 is 0 Å². The van der Waals surface area contributed by atoms with E-state index in [9.17, 15) is 13.6 Å². The number of carbonyl (C=O) groups excluding carboxylic acids is 1. The number of rotatable bonds is 3. The summed E-state index contributed by atoms with van der Waals surface area (Å²) in [5.74, 6) is -0.942. The Morgan fingerprint density at radius 1 is 1.24 bits per heavy atom. The molecule has 1 fully saturated rings. The molecule has 1 N–H and O–H groups in total. The third kappa shape index (κ3) is 4.00. The number of hydrogen-bond donors (Lipinski definition) is 1. The molecule has 1 amide bonds. The van der Waals surface area contributed by atoms with Gasteiger partial charge in [-0.05, 0) is 37.3 Å². The van der Waals surface area contributed by atoms with Gasteiger partial charge < -0.3 is 5.32 Å². The molecule has 0 bridgehead atoms. The summed E-state index contributed by atoms with van der Waals surface area (Å²) in [5, 5.41) is 2.65. The summed E-state index contributed by atoms with van der Waals surface area (Å²) in [5.41, 5.74) is 0.281. The molecule has 3 nitrogen and oxygen atoms in total. The van der Waals surface area contributed by atoms with Crippen LogP contribution in [0.4, 0.5) is 14.5 Å². The van der Waals surface area contributed by atoms with E-state index in [-0.39, 0.29) is 17.6 Å². The van der Waals surface area contributed by atoms with E-state index in [0.29, 0.717) is 11.8 Å². The van der Waals surface area contributed by atoms with Crippen LogP contribution in [0.2, 0.25) is 0 Å². The third-order valence-electron chi connectivity index (χ3n) is 4.01. The minimum Gasteiger partial charge on any atom is -0.325 e. The summed E-state index contributed by atoms with van der Waals surface area (Å²) < 4.78 is 26.0. The Bertz CT molecular complexity index is 511. The molecule has 0 radical (unpaired) electrons. The van der Waals surface area contributed by atoms with E-state index >= 15 is 0 Å². The first-order valence-corrected chi connectivity index (χ1v) is 7.36. The monoisotopic (exact) mass is 296 g/mol. The standard InChI is InChI=1S/C16H22F2N2O/c1-10-6-11(2)9-20(8-10)12(3)16(21)19-13-4-5-14(17)15(18)7-13/h4-5,7,10-12H,6,8-9H2,1-3H3,(H,19,21)/t10-,11-,12-/m0/s1. The maximum Gasteiger partial charge on any atom is 0.241 e. The first-order chi connectivity index (χ1) is 9.86. The highest BCUT2D eigenvalue weighted by molar-refractivity contribution is 5.94. The van der Waals surface area contributed by atoms with Gasteiger partial charge in [-0.3, -0.25) is 9.69 Å². The number of piperidine rings is 1. The second kappa shape index (κ2) is 6.52. The maximum absolute atomic E-state index is 13.2. The zero-order valence-electron chi connectivity index (χ0n) is 12.7. The number of nitrogens with one attached hydrogen (secondary N) is 1. The molecule has 1 heterocycles. The van der Waals surface area contributed by atoms with Gasteiger partial charge in [0.2, 0.25) is 5.91 Å². The highest BCUT2D eigenvalue weighted by Gasteiger charge is 2.28. The lowest BCUT2D eigenvalue weighted by atomic mass is 9.91. The minimum absolute atomic E-state index is 0.192. The van der Waals surface area contributed by atoms with Gasteiger partial charge in [-0.2, -0.15) is 0 Å². The molecule has 0 aromatic heterocycles. The van der Waals surface area contributed by atoms with E-state index < -0.39 is 11.6 Å². The molecule has 0 unspecified atom stereocenters. The lowest BCUT2D eigenvalue weighted by Gasteiger charge is -2.38. The van der Waals surface area contributed by atoms with Crippen LogP contribution in [0.15, 0.2) is 18.2 Å². The van der Waals surface area contributed by atoms with Gasteiger partial charge in [0.05, 0.1) is 6.04 Å². The zero-order valence-corrected chi connectivity index (χ0v) is 12.7. The largest absolute Gasteiger partial charge is 0.325 e.